The summed E-state index contributed by atoms with van der Waals surface area (Å²) in [6, 6.07) is 9.75. The van der Waals surface area contributed by atoms with Gasteiger partial charge in [0.15, 0.2) is 0 Å². The number of benzene rings is 1. The second-order valence-corrected chi connectivity index (χ2v) is 6.97. The molecule has 3 rings (SSSR count). The molecule has 2 heterocycles. The van der Waals surface area contributed by atoms with E-state index in [-0.39, 0.29) is 5.56 Å². The second kappa shape index (κ2) is 6.36. The maximum Gasteiger partial charge on any atom is 0.277 e. The standard InChI is InChI=1S/C16H18N4OS/c1-12(2)22-9-8-19-16(21)14-10-18-20(15(14)11-17-19)13-6-4-3-5-7-13/h3-7,10-12H,8-9H2,1-2H3. The second-order valence-electron chi connectivity index (χ2n) is 5.28. The van der Waals surface area contributed by atoms with E-state index in [0.717, 1.165) is 17.0 Å². The van der Waals surface area contributed by atoms with Gasteiger partial charge >= 0.3 is 0 Å². The van der Waals surface area contributed by atoms with Gasteiger partial charge in [0, 0.05) is 5.75 Å². The number of aryl methyl sites for hydroxylation is 1. The third-order valence-electron chi connectivity index (χ3n) is 3.35. The Hall–Kier alpha value is -2.08. The first kappa shape index (κ1) is 14.8. The molecule has 2 aromatic heterocycles. The molecular formula is C16H18N4OS. The fourth-order valence-corrected chi connectivity index (χ4v) is 3.02. The lowest BCUT2D eigenvalue weighted by molar-refractivity contribution is 0.628. The Morgan fingerprint density at radius 1 is 1.14 bits per heavy atom. The lowest BCUT2D eigenvalue weighted by Crippen LogP contribution is -2.23. The monoisotopic (exact) mass is 314 g/mol. The van der Waals surface area contributed by atoms with Crippen molar-refractivity contribution in [1.29, 1.82) is 0 Å². The first-order chi connectivity index (χ1) is 10.7. The summed E-state index contributed by atoms with van der Waals surface area (Å²) >= 11 is 1.82. The summed E-state index contributed by atoms with van der Waals surface area (Å²) in [5.41, 5.74) is 1.58. The Morgan fingerprint density at radius 2 is 1.91 bits per heavy atom. The fraction of sp³-hybridized carbons (Fsp3) is 0.312. The lowest BCUT2D eigenvalue weighted by atomic mass is 10.3. The number of thioether (sulfide) groups is 1. The third kappa shape index (κ3) is 2.92. The zero-order chi connectivity index (χ0) is 15.5. The molecule has 3 aromatic rings. The van der Waals surface area contributed by atoms with Crippen LogP contribution in [0.4, 0.5) is 0 Å². The van der Waals surface area contributed by atoms with Gasteiger partial charge in [-0.15, -0.1) is 0 Å². The van der Waals surface area contributed by atoms with Crippen molar-refractivity contribution in [3.63, 3.8) is 0 Å². The van der Waals surface area contributed by atoms with Gasteiger partial charge in [-0.25, -0.2) is 9.36 Å². The van der Waals surface area contributed by atoms with E-state index in [2.05, 4.69) is 24.0 Å². The van der Waals surface area contributed by atoms with E-state index in [0.29, 0.717) is 17.2 Å². The molecule has 0 amide bonds. The zero-order valence-electron chi connectivity index (χ0n) is 12.6. The molecule has 0 atom stereocenters. The molecule has 0 saturated carbocycles. The molecule has 0 bridgehead atoms. The number of hydrogen-bond donors (Lipinski definition) is 0. The fourth-order valence-electron chi connectivity index (χ4n) is 2.27. The smallest absolute Gasteiger partial charge is 0.267 e. The molecule has 22 heavy (non-hydrogen) atoms. The van der Waals surface area contributed by atoms with Crippen LogP contribution in [0.2, 0.25) is 0 Å². The minimum absolute atomic E-state index is 0.0796. The van der Waals surface area contributed by atoms with Gasteiger partial charge in [0.2, 0.25) is 0 Å². The van der Waals surface area contributed by atoms with E-state index in [9.17, 15) is 4.79 Å². The summed E-state index contributed by atoms with van der Waals surface area (Å²) < 4.78 is 3.27. The summed E-state index contributed by atoms with van der Waals surface area (Å²) in [6.45, 7) is 4.91. The first-order valence-electron chi connectivity index (χ1n) is 7.27. The average molecular weight is 314 g/mol. The molecule has 6 heteroatoms. The highest BCUT2D eigenvalue weighted by Crippen LogP contribution is 2.14. The number of rotatable bonds is 5. The predicted molar refractivity (Wildman–Crippen MR) is 90.7 cm³/mol. The Balaban J connectivity index is 1.95. The van der Waals surface area contributed by atoms with Gasteiger partial charge in [0.1, 0.15) is 0 Å². The van der Waals surface area contributed by atoms with E-state index in [1.54, 1.807) is 17.1 Å². The number of hydrogen-bond acceptors (Lipinski definition) is 4. The molecule has 0 aliphatic rings. The van der Waals surface area contributed by atoms with Gasteiger partial charge in [0.25, 0.3) is 5.56 Å². The van der Waals surface area contributed by atoms with E-state index in [4.69, 9.17) is 0 Å². The minimum atomic E-state index is -0.0796. The number of aromatic nitrogens is 4. The van der Waals surface area contributed by atoms with Crippen molar-refractivity contribution < 1.29 is 0 Å². The summed E-state index contributed by atoms with van der Waals surface area (Å²) in [4.78, 5) is 12.5. The predicted octanol–water partition coefficient (Wildman–Crippen LogP) is 2.72. The van der Waals surface area contributed by atoms with Crippen LogP contribution in [-0.2, 0) is 6.54 Å². The van der Waals surface area contributed by atoms with Gasteiger partial charge in [-0.2, -0.15) is 22.0 Å². The average Bonchev–Trinajstić information content (AvgIpc) is 2.95. The van der Waals surface area contributed by atoms with Crippen LogP contribution >= 0.6 is 11.8 Å². The molecule has 0 saturated heterocycles. The van der Waals surface area contributed by atoms with Gasteiger partial charge in [-0.05, 0) is 17.4 Å². The van der Waals surface area contributed by atoms with Crippen LogP contribution in [-0.4, -0.2) is 30.6 Å². The molecule has 0 radical (unpaired) electrons. The van der Waals surface area contributed by atoms with Crippen LogP contribution in [0.3, 0.4) is 0 Å². The van der Waals surface area contributed by atoms with E-state index in [1.807, 2.05) is 42.1 Å². The number of para-hydroxylation sites is 1. The van der Waals surface area contributed by atoms with Crippen LogP contribution in [0.25, 0.3) is 16.6 Å². The normalized spacial score (nSPS) is 11.4. The highest BCUT2D eigenvalue weighted by molar-refractivity contribution is 7.99. The van der Waals surface area contributed by atoms with Crippen molar-refractivity contribution in [2.45, 2.75) is 25.6 Å². The van der Waals surface area contributed by atoms with Crippen LogP contribution in [0.15, 0.2) is 47.5 Å². The zero-order valence-corrected chi connectivity index (χ0v) is 13.5. The summed E-state index contributed by atoms with van der Waals surface area (Å²) in [6.07, 6.45) is 3.34. The van der Waals surface area contributed by atoms with Crippen molar-refractivity contribution in [2.24, 2.45) is 0 Å². The number of nitrogens with zero attached hydrogens (tertiary/aromatic N) is 4. The summed E-state index contributed by atoms with van der Waals surface area (Å²) in [5.74, 6) is 0.878. The molecule has 5 nitrogen and oxygen atoms in total. The Kier molecular flexibility index (Phi) is 4.29. The van der Waals surface area contributed by atoms with Crippen LogP contribution in [0, 0.1) is 0 Å². The van der Waals surface area contributed by atoms with E-state index < -0.39 is 0 Å². The minimum Gasteiger partial charge on any atom is -0.267 e. The Morgan fingerprint density at radius 3 is 2.64 bits per heavy atom. The SMILES string of the molecule is CC(C)SCCn1ncc2c(cnn2-c2ccccc2)c1=O. The van der Waals surface area contributed by atoms with Crippen molar-refractivity contribution in [3.05, 3.63) is 53.1 Å². The van der Waals surface area contributed by atoms with Gasteiger partial charge < -0.3 is 0 Å². The van der Waals surface area contributed by atoms with E-state index >= 15 is 0 Å². The maximum absolute atomic E-state index is 12.5. The molecule has 1 aromatic carbocycles. The highest BCUT2D eigenvalue weighted by Gasteiger charge is 2.10. The maximum atomic E-state index is 12.5. The van der Waals surface area contributed by atoms with Gasteiger partial charge in [0.05, 0.1) is 35.5 Å². The summed E-state index contributed by atoms with van der Waals surface area (Å²) in [5, 5.41) is 9.79. The van der Waals surface area contributed by atoms with Gasteiger partial charge in [-0.3, -0.25) is 4.79 Å². The number of fused-ring (bicyclic) bond motifs is 1. The Bertz CT molecular complexity index is 823. The first-order valence-corrected chi connectivity index (χ1v) is 8.32. The summed E-state index contributed by atoms with van der Waals surface area (Å²) in [7, 11) is 0. The molecule has 0 fully saturated rings. The molecule has 0 unspecified atom stereocenters. The molecular weight excluding hydrogens is 296 g/mol. The third-order valence-corrected chi connectivity index (χ3v) is 4.43. The molecule has 0 spiro atoms. The van der Waals surface area contributed by atoms with Crippen molar-refractivity contribution in [2.75, 3.05) is 5.75 Å². The largest absolute Gasteiger partial charge is 0.277 e. The molecule has 0 aliphatic carbocycles. The Labute approximate surface area is 133 Å². The van der Waals surface area contributed by atoms with Crippen molar-refractivity contribution >= 4 is 22.7 Å². The highest BCUT2D eigenvalue weighted by atomic mass is 32.2. The van der Waals surface area contributed by atoms with Crippen LogP contribution in [0.1, 0.15) is 13.8 Å². The van der Waals surface area contributed by atoms with Crippen LogP contribution in [0.5, 0.6) is 0 Å². The topological polar surface area (TPSA) is 52.7 Å². The van der Waals surface area contributed by atoms with Crippen molar-refractivity contribution in [3.8, 4) is 5.69 Å². The molecule has 0 aliphatic heterocycles. The lowest BCUT2D eigenvalue weighted by Gasteiger charge is -2.07. The molecule has 114 valence electrons. The quantitative estimate of drug-likeness (QED) is 0.726. The van der Waals surface area contributed by atoms with Gasteiger partial charge in [-0.1, -0.05) is 32.0 Å². The van der Waals surface area contributed by atoms with Crippen molar-refractivity contribution in [1.82, 2.24) is 19.6 Å². The molecule has 0 N–H and O–H groups in total. The van der Waals surface area contributed by atoms with Crippen LogP contribution < -0.4 is 5.56 Å². The van der Waals surface area contributed by atoms with E-state index in [1.165, 1.54) is 4.68 Å².